The summed E-state index contributed by atoms with van der Waals surface area (Å²) in [5, 5.41) is 4.46. The molecule has 138 valence electrons. The van der Waals surface area contributed by atoms with Crippen molar-refractivity contribution in [1.29, 1.82) is 0 Å². The lowest BCUT2D eigenvalue weighted by molar-refractivity contribution is -0.137. The van der Waals surface area contributed by atoms with E-state index in [0.717, 1.165) is 17.7 Å². The molecule has 2 amide bonds. The van der Waals surface area contributed by atoms with Crippen molar-refractivity contribution in [1.82, 2.24) is 0 Å². The van der Waals surface area contributed by atoms with E-state index in [1.54, 1.807) is 24.3 Å². The number of carbonyl (C=O) groups is 2. The molecule has 0 aliphatic heterocycles. The molecule has 0 atom stereocenters. The average Bonchev–Trinajstić information content (AvgIpc) is 2.54. The van der Waals surface area contributed by atoms with Crippen molar-refractivity contribution in [3.8, 4) is 5.75 Å². The van der Waals surface area contributed by atoms with Gasteiger partial charge in [0.25, 0.3) is 5.91 Å². The van der Waals surface area contributed by atoms with E-state index >= 15 is 0 Å². The van der Waals surface area contributed by atoms with E-state index in [9.17, 15) is 22.8 Å². The van der Waals surface area contributed by atoms with E-state index in [-0.39, 0.29) is 5.69 Å². The molecule has 0 saturated carbocycles. The standard InChI is InChI=1S/C18H17F3N2O3/c1-11-3-6-14(7-4-11)26-10-17(25)23-16-8-5-13(22-12(2)24)9-15(16)18(19,20)21/h3-9H,10H2,1-2H3,(H,22,24)(H,23,25). The van der Waals surface area contributed by atoms with Gasteiger partial charge in [0.15, 0.2) is 6.61 Å². The van der Waals surface area contributed by atoms with Crippen LogP contribution in [0.5, 0.6) is 5.75 Å². The Hall–Kier alpha value is -3.03. The highest BCUT2D eigenvalue weighted by Gasteiger charge is 2.34. The van der Waals surface area contributed by atoms with E-state index in [4.69, 9.17) is 4.74 Å². The normalized spacial score (nSPS) is 11.0. The average molecular weight is 366 g/mol. The van der Waals surface area contributed by atoms with Gasteiger partial charge >= 0.3 is 6.18 Å². The second-order valence-corrected chi connectivity index (χ2v) is 5.59. The lowest BCUT2D eigenvalue weighted by Gasteiger charge is -2.15. The molecule has 0 radical (unpaired) electrons. The number of benzene rings is 2. The van der Waals surface area contributed by atoms with Crippen molar-refractivity contribution in [3.05, 3.63) is 53.6 Å². The SMILES string of the molecule is CC(=O)Nc1ccc(NC(=O)COc2ccc(C)cc2)c(C(F)(F)F)c1. The molecule has 26 heavy (non-hydrogen) atoms. The summed E-state index contributed by atoms with van der Waals surface area (Å²) in [7, 11) is 0. The first-order valence-electron chi connectivity index (χ1n) is 7.63. The van der Waals surface area contributed by atoms with Crippen molar-refractivity contribution < 1.29 is 27.5 Å². The number of hydrogen-bond acceptors (Lipinski definition) is 3. The Morgan fingerprint density at radius 2 is 1.69 bits per heavy atom. The molecule has 0 bridgehead atoms. The third kappa shape index (κ3) is 5.51. The van der Waals surface area contributed by atoms with Gasteiger partial charge in [-0.3, -0.25) is 9.59 Å². The van der Waals surface area contributed by atoms with Crippen LogP contribution >= 0.6 is 0 Å². The van der Waals surface area contributed by atoms with Gasteiger partial charge in [0, 0.05) is 12.6 Å². The van der Waals surface area contributed by atoms with Gasteiger partial charge in [0.2, 0.25) is 5.91 Å². The Balaban J connectivity index is 2.10. The fourth-order valence-corrected chi connectivity index (χ4v) is 2.14. The second-order valence-electron chi connectivity index (χ2n) is 5.59. The summed E-state index contributed by atoms with van der Waals surface area (Å²) < 4.78 is 44.9. The summed E-state index contributed by atoms with van der Waals surface area (Å²) in [6.07, 6.45) is -4.70. The number of aryl methyl sites for hydroxylation is 1. The number of nitrogens with one attached hydrogen (secondary N) is 2. The molecule has 2 aromatic carbocycles. The Kier molecular flexibility index (Phi) is 5.86. The summed E-state index contributed by atoms with van der Waals surface area (Å²) in [5.74, 6) is -0.799. The van der Waals surface area contributed by atoms with E-state index in [1.165, 1.54) is 13.0 Å². The third-order valence-electron chi connectivity index (χ3n) is 3.31. The highest BCUT2D eigenvalue weighted by Crippen LogP contribution is 2.36. The number of ether oxygens (including phenoxy) is 1. The Morgan fingerprint density at radius 1 is 1.04 bits per heavy atom. The van der Waals surface area contributed by atoms with Crippen LogP contribution in [0.25, 0.3) is 0 Å². The quantitative estimate of drug-likeness (QED) is 0.841. The first-order valence-corrected chi connectivity index (χ1v) is 7.63. The molecule has 0 saturated heterocycles. The number of carbonyl (C=O) groups excluding carboxylic acids is 2. The number of alkyl halides is 3. The maximum Gasteiger partial charge on any atom is 0.418 e. The van der Waals surface area contributed by atoms with Crippen molar-refractivity contribution in [2.24, 2.45) is 0 Å². The summed E-state index contributed by atoms with van der Waals surface area (Å²) in [4.78, 5) is 22.9. The van der Waals surface area contributed by atoms with Gasteiger partial charge in [-0.15, -0.1) is 0 Å². The van der Waals surface area contributed by atoms with Gasteiger partial charge in [-0.05, 0) is 37.3 Å². The van der Waals surface area contributed by atoms with Crippen LogP contribution in [0.4, 0.5) is 24.5 Å². The first-order chi connectivity index (χ1) is 12.1. The zero-order valence-electron chi connectivity index (χ0n) is 14.1. The maximum absolute atomic E-state index is 13.2. The van der Waals surface area contributed by atoms with E-state index in [0.29, 0.717) is 5.75 Å². The number of amides is 2. The molecule has 8 heteroatoms. The summed E-state index contributed by atoms with van der Waals surface area (Å²) >= 11 is 0. The predicted octanol–water partition coefficient (Wildman–Crippen LogP) is 3.99. The van der Waals surface area contributed by atoms with Crippen LogP contribution in [0.1, 0.15) is 18.1 Å². The van der Waals surface area contributed by atoms with E-state index < -0.39 is 35.8 Å². The molecule has 0 heterocycles. The van der Waals surface area contributed by atoms with E-state index in [2.05, 4.69) is 10.6 Å². The summed E-state index contributed by atoms with van der Waals surface area (Å²) in [5.41, 5.74) is -0.480. The van der Waals surface area contributed by atoms with Crippen LogP contribution in [0.15, 0.2) is 42.5 Å². The molecular weight excluding hydrogens is 349 g/mol. The molecule has 2 rings (SSSR count). The number of halogens is 3. The number of anilines is 2. The number of rotatable bonds is 5. The zero-order valence-corrected chi connectivity index (χ0v) is 14.1. The molecule has 0 aliphatic rings. The van der Waals surface area contributed by atoms with Gasteiger partial charge in [0.1, 0.15) is 5.75 Å². The van der Waals surface area contributed by atoms with Gasteiger partial charge in [-0.1, -0.05) is 17.7 Å². The summed E-state index contributed by atoms with van der Waals surface area (Å²) in [6, 6.07) is 10.0. The Bertz CT molecular complexity index is 802. The van der Waals surface area contributed by atoms with Crippen molar-refractivity contribution in [3.63, 3.8) is 0 Å². The molecule has 2 N–H and O–H groups in total. The van der Waals surface area contributed by atoms with Gasteiger partial charge in [-0.25, -0.2) is 0 Å². The Labute approximate surface area is 148 Å². The smallest absolute Gasteiger partial charge is 0.418 e. The molecule has 0 aliphatic carbocycles. The minimum absolute atomic E-state index is 0.0151. The van der Waals surface area contributed by atoms with E-state index in [1.807, 2.05) is 6.92 Å². The van der Waals surface area contributed by atoms with Crippen molar-refractivity contribution in [2.75, 3.05) is 17.2 Å². The van der Waals surface area contributed by atoms with Gasteiger partial charge in [-0.2, -0.15) is 13.2 Å². The largest absolute Gasteiger partial charge is 0.484 e. The minimum atomic E-state index is -4.70. The molecule has 5 nitrogen and oxygen atoms in total. The van der Waals surface area contributed by atoms with Crippen molar-refractivity contribution >= 4 is 23.2 Å². The lowest BCUT2D eigenvalue weighted by atomic mass is 10.1. The van der Waals surface area contributed by atoms with Crippen LogP contribution < -0.4 is 15.4 Å². The van der Waals surface area contributed by atoms with Crippen molar-refractivity contribution in [2.45, 2.75) is 20.0 Å². The van der Waals surface area contributed by atoms with Gasteiger partial charge in [0.05, 0.1) is 11.3 Å². The zero-order chi connectivity index (χ0) is 19.3. The molecule has 0 unspecified atom stereocenters. The van der Waals surface area contributed by atoms with Crippen LogP contribution in [0, 0.1) is 6.92 Å². The molecule has 2 aromatic rings. The van der Waals surface area contributed by atoms with Crippen LogP contribution in [0.2, 0.25) is 0 Å². The topological polar surface area (TPSA) is 67.4 Å². The minimum Gasteiger partial charge on any atom is -0.484 e. The molecular formula is C18H17F3N2O3. The summed E-state index contributed by atoms with van der Waals surface area (Å²) in [6.45, 7) is 2.64. The molecule has 0 fully saturated rings. The molecule has 0 aromatic heterocycles. The second kappa shape index (κ2) is 7.90. The highest BCUT2D eigenvalue weighted by atomic mass is 19.4. The lowest BCUT2D eigenvalue weighted by Crippen LogP contribution is -2.22. The van der Waals surface area contributed by atoms with Crippen LogP contribution in [-0.4, -0.2) is 18.4 Å². The molecule has 0 spiro atoms. The third-order valence-corrected chi connectivity index (χ3v) is 3.31. The Morgan fingerprint density at radius 3 is 2.27 bits per heavy atom. The van der Waals surface area contributed by atoms with Gasteiger partial charge < -0.3 is 15.4 Å². The fourth-order valence-electron chi connectivity index (χ4n) is 2.14. The monoisotopic (exact) mass is 366 g/mol. The van der Waals surface area contributed by atoms with Crippen LogP contribution in [-0.2, 0) is 15.8 Å². The fraction of sp³-hybridized carbons (Fsp3) is 0.222. The van der Waals surface area contributed by atoms with Crippen LogP contribution in [0.3, 0.4) is 0 Å². The predicted molar refractivity (Wildman–Crippen MR) is 91.1 cm³/mol. The highest BCUT2D eigenvalue weighted by molar-refractivity contribution is 5.94. The maximum atomic E-state index is 13.2. The number of hydrogen-bond donors (Lipinski definition) is 2. The first kappa shape index (κ1) is 19.3.